The molecule has 0 unspecified atom stereocenters. The second-order valence-corrected chi connectivity index (χ2v) is 8.77. The van der Waals surface area contributed by atoms with Gasteiger partial charge >= 0.3 is 0 Å². The van der Waals surface area contributed by atoms with E-state index in [0.717, 1.165) is 40.4 Å². The van der Waals surface area contributed by atoms with Gasteiger partial charge in [-0.2, -0.15) is 0 Å². The maximum Gasteiger partial charge on any atom is 0.137 e. The molecule has 0 aromatic heterocycles. The first-order chi connectivity index (χ1) is 11.5. The Morgan fingerprint density at radius 1 is 0.875 bits per heavy atom. The van der Waals surface area contributed by atoms with Gasteiger partial charge in [-0.05, 0) is 45.4 Å². The van der Waals surface area contributed by atoms with Crippen LogP contribution >= 0.6 is 48.0 Å². The van der Waals surface area contributed by atoms with E-state index in [2.05, 4.69) is 37.5 Å². The molecule has 24 heavy (non-hydrogen) atoms. The molecule has 1 rings (SSSR count). The summed E-state index contributed by atoms with van der Waals surface area (Å²) in [5.41, 5.74) is 1.02. The van der Waals surface area contributed by atoms with Crippen molar-refractivity contribution in [1.82, 2.24) is 9.80 Å². The Hall–Kier alpha value is -0.370. The lowest BCUT2D eigenvalue weighted by molar-refractivity contribution is 0.482. The highest BCUT2D eigenvalue weighted by molar-refractivity contribution is 8.35. The van der Waals surface area contributed by atoms with Crippen molar-refractivity contribution in [2.45, 2.75) is 32.3 Å². The van der Waals surface area contributed by atoms with Crippen LogP contribution in [0.4, 0.5) is 4.39 Å². The normalized spacial score (nSPS) is 10.8. The topological polar surface area (TPSA) is 6.48 Å². The van der Waals surface area contributed by atoms with Crippen LogP contribution in [0.15, 0.2) is 24.3 Å². The van der Waals surface area contributed by atoms with Crippen molar-refractivity contribution in [2.24, 2.45) is 0 Å². The molecule has 2 nitrogen and oxygen atoms in total. The third-order valence-electron chi connectivity index (χ3n) is 3.60. The van der Waals surface area contributed by atoms with E-state index in [4.69, 9.17) is 24.4 Å². The lowest BCUT2D eigenvalue weighted by atomic mass is 10.2. The Morgan fingerprint density at radius 2 is 1.25 bits per heavy atom. The van der Waals surface area contributed by atoms with Gasteiger partial charge in [-0.3, -0.25) is 0 Å². The quantitative estimate of drug-likeness (QED) is 0.431. The molecule has 0 aliphatic rings. The SMILES string of the molecule is CCN(CC)C(=S)SC(SC(=S)N(CC)CC)c1ccc(F)cc1. The lowest BCUT2D eigenvalue weighted by Gasteiger charge is -2.27. The molecule has 0 radical (unpaired) electrons. The predicted molar refractivity (Wildman–Crippen MR) is 115 cm³/mol. The summed E-state index contributed by atoms with van der Waals surface area (Å²) in [6.07, 6.45) is 0. The van der Waals surface area contributed by atoms with E-state index in [0.29, 0.717) is 0 Å². The molecule has 0 spiro atoms. The Bertz CT molecular complexity index is 502. The summed E-state index contributed by atoms with van der Waals surface area (Å²) in [6, 6.07) is 6.61. The minimum absolute atomic E-state index is 0.0202. The molecule has 0 heterocycles. The smallest absolute Gasteiger partial charge is 0.137 e. The Kier molecular flexibility index (Phi) is 10.2. The van der Waals surface area contributed by atoms with Crippen molar-refractivity contribution in [3.63, 3.8) is 0 Å². The number of hydrogen-bond acceptors (Lipinski definition) is 4. The van der Waals surface area contributed by atoms with E-state index < -0.39 is 0 Å². The molecule has 0 N–H and O–H groups in total. The molecule has 1 aromatic carbocycles. The molecule has 0 bridgehead atoms. The van der Waals surface area contributed by atoms with E-state index in [1.807, 2.05) is 12.1 Å². The largest absolute Gasteiger partial charge is 0.358 e. The van der Waals surface area contributed by atoms with Crippen LogP contribution in [-0.2, 0) is 0 Å². The zero-order valence-corrected chi connectivity index (χ0v) is 17.9. The van der Waals surface area contributed by atoms with Crippen molar-refractivity contribution < 1.29 is 4.39 Å². The van der Waals surface area contributed by atoms with E-state index in [1.54, 1.807) is 23.5 Å². The summed E-state index contributed by atoms with van der Waals surface area (Å²) in [6.45, 7) is 11.9. The molecule has 134 valence electrons. The minimum Gasteiger partial charge on any atom is -0.358 e. The fourth-order valence-electron chi connectivity index (χ4n) is 2.08. The van der Waals surface area contributed by atoms with Crippen LogP contribution in [-0.4, -0.2) is 44.6 Å². The molecule has 0 aliphatic heterocycles. The monoisotopic (exact) mass is 404 g/mol. The second-order valence-electron chi connectivity index (χ2n) is 5.00. The van der Waals surface area contributed by atoms with Gasteiger partial charge in [-0.15, -0.1) is 0 Å². The molecule has 0 saturated carbocycles. The van der Waals surface area contributed by atoms with Crippen molar-refractivity contribution in [3.8, 4) is 0 Å². The van der Waals surface area contributed by atoms with Crippen LogP contribution in [0, 0.1) is 5.82 Å². The molecule has 1 aromatic rings. The minimum atomic E-state index is -0.231. The first-order valence-electron chi connectivity index (χ1n) is 8.13. The Labute approximate surface area is 164 Å². The molecule has 0 amide bonds. The van der Waals surface area contributed by atoms with Crippen molar-refractivity contribution in [2.75, 3.05) is 26.2 Å². The predicted octanol–water partition coefficient (Wildman–Crippen LogP) is 5.54. The number of thiocarbonyl (C=S) groups is 2. The average Bonchev–Trinajstić information content (AvgIpc) is 2.57. The van der Waals surface area contributed by atoms with Crippen molar-refractivity contribution in [3.05, 3.63) is 35.6 Å². The van der Waals surface area contributed by atoms with Gasteiger partial charge < -0.3 is 9.80 Å². The first kappa shape index (κ1) is 21.7. The van der Waals surface area contributed by atoms with Crippen molar-refractivity contribution in [1.29, 1.82) is 0 Å². The van der Waals surface area contributed by atoms with Crippen LogP contribution in [0.2, 0.25) is 0 Å². The van der Waals surface area contributed by atoms with E-state index in [9.17, 15) is 4.39 Å². The Balaban J connectivity index is 2.96. The fourth-order valence-corrected chi connectivity index (χ4v) is 6.04. The maximum atomic E-state index is 13.3. The first-order valence-corrected chi connectivity index (χ1v) is 10.7. The molecular weight excluding hydrogens is 379 g/mol. The van der Waals surface area contributed by atoms with Gasteiger partial charge in [0.25, 0.3) is 0 Å². The molecular formula is C17H25FN2S4. The van der Waals surface area contributed by atoms with Gasteiger partial charge in [0.05, 0.1) is 4.58 Å². The maximum absolute atomic E-state index is 13.3. The number of hydrogen-bond donors (Lipinski definition) is 0. The average molecular weight is 405 g/mol. The fraction of sp³-hybridized carbons (Fsp3) is 0.529. The van der Waals surface area contributed by atoms with Crippen molar-refractivity contribution >= 4 is 56.6 Å². The summed E-state index contributed by atoms with van der Waals surface area (Å²) in [5, 5.41) is 0. The summed E-state index contributed by atoms with van der Waals surface area (Å²) in [7, 11) is 0. The molecule has 0 saturated heterocycles. The van der Waals surface area contributed by atoms with Gasteiger partial charge in [0.2, 0.25) is 0 Å². The van der Waals surface area contributed by atoms with E-state index in [1.165, 1.54) is 12.1 Å². The highest BCUT2D eigenvalue weighted by Gasteiger charge is 2.21. The number of halogens is 1. The zero-order chi connectivity index (χ0) is 18.1. The van der Waals surface area contributed by atoms with Gasteiger partial charge in [-0.25, -0.2) is 4.39 Å². The number of nitrogens with zero attached hydrogens (tertiary/aromatic N) is 2. The number of benzene rings is 1. The van der Waals surface area contributed by atoms with Crippen LogP contribution < -0.4 is 0 Å². The highest BCUT2D eigenvalue weighted by Crippen LogP contribution is 2.42. The molecule has 0 aliphatic carbocycles. The molecule has 0 fully saturated rings. The van der Waals surface area contributed by atoms with Gasteiger partial charge in [0.1, 0.15) is 14.5 Å². The van der Waals surface area contributed by atoms with Gasteiger partial charge in [0.15, 0.2) is 0 Å². The standard InChI is InChI=1S/C17H25FN2S4/c1-5-19(6-2)16(21)23-15(13-9-11-14(18)12-10-13)24-17(22)20(7-3)8-4/h9-12,15H,5-8H2,1-4H3. The third-order valence-corrected chi connectivity index (χ3v) is 7.16. The number of rotatable bonds is 7. The second kappa shape index (κ2) is 11.3. The third kappa shape index (κ3) is 6.50. The number of thioether (sulfide) groups is 2. The van der Waals surface area contributed by atoms with Gasteiger partial charge in [-0.1, -0.05) is 60.1 Å². The van der Waals surface area contributed by atoms with Crippen LogP contribution in [0.5, 0.6) is 0 Å². The van der Waals surface area contributed by atoms with Crippen LogP contribution in [0.1, 0.15) is 37.8 Å². The van der Waals surface area contributed by atoms with Gasteiger partial charge in [0, 0.05) is 26.2 Å². The van der Waals surface area contributed by atoms with E-state index >= 15 is 0 Å². The Morgan fingerprint density at radius 3 is 1.58 bits per heavy atom. The van der Waals surface area contributed by atoms with E-state index in [-0.39, 0.29) is 10.4 Å². The van der Waals surface area contributed by atoms with Crippen LogP contribution in [0.25, 0.3) is 0 Å². The zero-order valence-electron chi connectivity index (χ0n) is 14.6. The lowest BCUT2D eigenvalue weighted by Crippen LogP contribution is -2.29. The molecule has 7 heteroatoms. The van der Waals surface area contributed by atoms with Crippen LogP contribution in [0.3, 0.4) is 0 Å². The summed E-state index contributed by atoms with van der Waals surface area (Å²) < 4.78 is 15.0. The summed E-state index contributed by atoms with van der Waals surface area (Å²) in [5.74, 6) is -0.231. The summed E-state index contributed by atoms with van der Waals surface area (Å²) >= 11 is 14.4. The summed E-state index contributed by atoms with van der Waals surface area (Å²) in [4.78, 5) is 4.30. The highest BCUT2D eigenvalue weighted by atomic mass is 32.2. The molecule has 0 atom stereocenters.